The molecule has 3 saturated heterocycles. The average Bonchev–Trinajstić information content (AvgIpc) is 3.08. The summed E-state index contributed by atoms with van der Waals surface area (Å²) in [6, 6.07) is 0. The summed E-state index contributed by atoms with van der Waals surface area (Å²) in [5.41, 5.74) is -1.37. The maximum atomic E-state index is 12.6. The molecule has 142 valence electrons. The van der Waals surface area contributed by atoms with E-state index in [0.717, 1.165) is 13.0 Å². The van der Waals surface area contributed by atoms with Crippen LogP contribution in [0.3, 0.4) is 0 Å². The lowest BCUT2D eigenvalue weighted by molar-refractivity contribution is 0.00578. The van der Waals surface area contributed by atoms with E-state index < -0.39 is 5.60 Å². The molecule has 2 atom stereocenters. The van der Waals surface area contributed by atoms with Crippen LogP contribution in [0.25, 0.3) is 0 Å². The van der Waals surface area contributed by atoms with Crippen LogP contribution in [0.2, 0.25) is 5.82 Å². The smallest absolute Gasteiger partial charge is 0.444 e. The fourth-order valence-electron chi connectivity index (χ4n) is 3.93. The summed E-state index contributed by atoms with van der Waals surface area (Å²) in [7, 11) is -0.334. The van der Waals surface area contributed by atoms with Gasteiger partial charge >= 0.3 is 13.2 Å². The molecule has 3 rings (SSSR count). The second kappa shape index (κ2) is 5.86. The van der Waals surface area contributed by atoms with Crippen molar-refractivity contribution in [1.82, 2.24) is 4.90 Å². The van der Waals surface area contributed by atoms with Gasteiger partial charge in [0, 0.05) is 30.9 Å². The third-order valence-corrected chi connectivity index (χ3v) is 6.09. The second-order valence-electron chi connectivity index (χ2n) is 9.76. The van der Waals surface area contributed by atoms with Crippen molar-refractivity contribution in [2.45, 2.75) is 77.5 Å². The zero-order valence-corrected chi connectivity index (χ0v) is 16.7. The van der Waals surface area contributed by atoms with Crippen molar-refractivity contribution in [2.24, 2.45) is 5.41 Å². The molecule has 0 aromatic heterocycles. The molecule has 6 nitrogen and oxygen atoms in total. The average molecular weight is 353 g/mol. The molecular formula is C18H32BNO5. The molecule has 0 bridgehead atoms. The van der Waals surface area contributed by atoms with Crippen LogP contribution in [0.5, 0.6) is 0 Å². The van der Waals surface area contributed by atoms with Gasteiger partial charge in [0.2, 0.25) is 0 Å². The summed E-state index contributed by atoms with van der Waals surface area (Å²) >= 11 is 0. The SMILES string of the molecule is CC(C)(C)OC(=O)N1CC(B2OC(C)(C)C(C)(C)O2)C2(CCOC2)C1. The molecule has 1 amide bonds. The van der Waals surface area contributed by atoms with E-state index in [9.17, 15) is 4.79 Å². The minimum absolute atomic E-state index is 0.0866. The monoisotopic (exact) mass is 353 g/mol. The van der Waals surface area contributed by atoms with Gasteiger partial charge in [-0.1, -0.05) is 0 Å². The van der Waals surface area contributed by atoms with Crippen molar-refractivity contribution in [3.05, 3.63) is 0 Å². The number of carbonyl (C=O) groups excluding carboxylic acids is 1. The van der Waals surface area contributed by atoms with Crippen molar-refractivity contribution in [3.63, 3.8) is 0 Å². The largest absolute Gasteiger partial charge is 0.463 e. The number of nitrogens with zero attached hydrogens (tertiary/aromatic N) is 1. The molecule has 0 aliphatic carbocycles. The van der Waals surface area contributed by atoms with E-state index in [4.69, 9.17) is 18.8 Å². The summed E-state index contributed by atoms with van der Waals surface area (Å²) in [6.07, 6.45) is 0.652. The molecule has 0 saturated carbocycles. The van der Waals surface area contributed by atoms with E-state index in [1.165, 1.54) is 0 Å². The molecule has 0 aromatic carbocycles. The molecule has 0 N–H and O–H groups in total. The Bertz CT molecular complexity index is 520. The maximum Gasteiger partial charge on any atom is 0.463 e. The van der Waals surface area contributed by atoms with Crippen molar-refractivity contribution in [3.8, 4) is 0 Å². The quantitative estimate of drug-likeness (QED) is 0.678. The number of ether oxygens (including phenoxy) is 2. The van der Waals surface area contributed by atoms with Gasteiger partial charge in [-0.05, 0) is 54.9 Å². The third-order valence-electron chi connectivity index (χ3n) is 6.09. The lowest BCUT2D eigenvalue weighted by atomic mass is 9.58. The molecule has 3 aliphatic heterocycles. The Hall–Kier alpha value is -0.785. The first-order valence-corrected chi connectivity index (χ1v) is 9.27. The van der Waals surface area contributed by atoms with Crippen LogP contribution in [-0.2, 0) is 18.8 Å². The van der Waals surface area contributed by atoms with Gasteiger partial charge in [-0.25, -0.2) is 4.79 Å². The van der Waals surface area contributed by atoms with Crippen molar-refractivity contribution < 1.29 is 23.6 Å². The van der Waals surface area contributed by atoms with E-state index in [2.05, 4.69) is 27.7 Å². The summed E-state index contributed by atoms with van der Waals surface area (Å²) in [5, 5.41) is 0. The van der Waals surface area contributed by atoms with Gasteiger partial charge in [-0.3, -0.25) is 0 Å². The molecule has 0 aromatic rings. The van der Waals surface area contributed by atoms with Crippen LogP contribution in [0, 0.1) is 5.41 Å². The third kappa shape index (κ3) is 3.43. The number of likely N-dealkylation sites (tertiary alicyclic amines) is 1. The van der Waals surface area contributed by atoms with E-state index in [0.29, 0.717) is 19.7 Å². The molecule has 2 unspecified atom stereocenters. The minimum Gasteiger partial charge on any atom is -0.444 e. The van der Waals surface area contributed by atoms with Gasteiger partial charge in [0.05, 0.1) is 17.8 Å². The second-order valence-corrected chi connectivity index (χ2v) is 9.76. The number of hydrogen-bond donors (Lipinski definition) is 0. The van der Waals surface area contributed by atoms with Crippen LogP contribution >= 0.6 is 0 Å². The standard InChI is InChI=1S/C18H32BNO5/c1-15(2,3)23-14(21)20-10-13(18(11-20)8-9-22-12-18)19-24-16(4,5)17(6,7)25-19/h13H,8-12H2,1-7H3. The van der Waals surface area contributed by atoms with Gasteiger partial charge in [0.15, 0.2) is 0 Å². The first-order chi connectivity index (χ1) is 11.4. The van der Waals surface area contributed by atoms with Crippen molar-refractivity contribution in [2.75, 3.05) is 26.3 Å². The lowest BCUT2D eigenvalue weighted by Gasteiger charge is -2.32. The van der Waals surface area contributed by atoms with Crippen LogP contribution in [0.15, 0.2) is 0 Å². The fraction of sp³-hybridized carbons (Fsp3) is 0.944. The van der Waals surface area contributed by atoms with Crippen LogP contribution in [-0.4, -0.2) is 61.2 Å². The van der Waals surface area contributed by atoms with Gasteiger partial charge in [0.25, 0.3) is 0 Å². The van der Waals surface area contributed by atoms with Crippen LogP contribution < -0.4 is 0 Å². The molecule has 1 spiro atoms. The van der Waals surface area contributed by atoms with Crippen LogP contribution in [0.4, 0.5) is 4.79 Å². The summed E-state index contributed by atoms with van der Waals surface area (Å²) in [5.74, 6) is 0.0866. The Kier molecular flexibility index (Phi) is 4.45. The Morgan fingerprint density at radius 3 is 2.24 bits per heavy atom. The van der Waals surface area contributed by atoms with Gasteiger partial charge in [-0.15, -0.1) is 0 Å². The van der Waals surface area contributed by atoms with Crippen molar-refractivity contribution >= 4 is 13.2 Å². The first kappa shape index (κ1) is 19.0. The predicted octanol–water partition coefficient (Wildman–Crippen LogP) is 3.11. The Morgan fingerprint density at radius 1 is 1.16 bits per heavy atom. The Morgan fingerprint density at radius 2 is 1.76 bits per heavy atom. The van der Waals surface area contributed by atoms with E-state index in [1.807, 2.05) is 20.8 Å². The van der Waals surface area contributed by atoms with E-state index in [-0.39, 0.29) is 35.6 Å². The molecule has 25 heavy (non-hydrogen) atoms. The number of hydrogen-bond acceptors (Lipinski definition) is 5. The Labute approximate surface area is 151 Å². The Balaban J connectivity index is 1.80. The number of rotatable bonds is 1. The topological polar surface area (TPSA) is 57.2 Å². The van der Waals surface area contributed by atoms with E-state index >= 15 is 0 Å². The minimum atomic E-state index is -0.501. The molecule has 3 heterocycles. The van der Waals surface area contributed by atoms with Gasteiger partial charge in [-0.2, -0.15) is 0 Å². The first-order valence-electron chi connectivity index (χ1n) is 9.27. The highest BCUT2D eigenvalue weighted by Crippen LogP contribution is 2.52. The molecule has 7 heteroatoms. The predicted molar refractivity (Wildman–Crippen MR) is 95.5 cm³/mol. The fourth-order valence-corrected chi connectivity index (χ4v) is 3.93. The highest BCUT2D eigenvalue weighted by atomic mass is 16.7. The maximum absolute atomic E-state index is 12.6. The van der Waals surface area contributed by atoms with Crippen molar-refractivity contribution in [1.29, 1.82) is 0 Å². The highest BCUT2D eigenvalue weighted by molar-refractivity contribution is 6.48. The van der Waals surface area contributed by atoms with E-state index in [1.54, 1.807) is 4.90 Å². The zero-order valence-electron chi connectivity index (χ0n) is 16.7. The molecule has 0 radical (unpaired) electrons. The van der Waals surface area contributed by atoms with Crippen LogP contribution in [0.1, 0.15) is 54.9 Å². The normalized spacial score (nSPS) is 34.1. The summed E-state index contributed by atoms with van der Waals surface area (Å²) in [6.45, 7) is 16.5. The summed E-state index contributed by atoms with van der Waals surface area (Å²) in [4.78, 5) is 14.4. The van der Waals surface area contributed by atoms with Gasteiger partial charge in [0.1, 0.15) is 5.60 Å². The molecule has 3 fully saturated rings. The number of carbonyl (C=O) groups is 1. The molecule has 3 aliphatic rings. The molecular weight excluding hydrogens is 321 g/mol. The highest BCUT2D eigenvalue weighted by Gasteiger charge is 2.62. The summed E-state index contributed by atoms with van der Waals surface area (Å²) < 4.78 is 23.9. The zero-order chi connectivity index (χ0) is 18.7. The number of amides is 1. The lowest BCUT2D eigenvalue weighted by Crippen LogP contribution is -2.41. The van der Waals surface area contributed by atoms with Gasteiger partial charge < -0.3 is 23.7 Å².